The fourth-order valence-electron chi connectivity index (χ4n) is 3.48. The summed E-state index contributed by atoms with van der Waals surface area (Å²) >= 11 is 1.73. The van der Waals surface area contributed by atoms with Crippen molar-refractivity contribution < 1.29 is 28.8 Å². The Hall–Kier alpha value is -1.62. The lowest BCUT2D eigenvalue weighted by Crippen LogP contribution is -3.00. The molecule has 0 atom stereocenters. The van der Waals surface area contributed by atoms with E-state index in [4.69, 9.17) is 0 Å². The number of benzene rings is 3. The zero-order valence-corrected chi connectivity index (χ0v) is 23.0. The molecule has 0 bridgehead atoms. The van der Waals surface area contributed by atoms with Crippen molar-refractivity contribution in [1.29, 1.82) is 0 Å². The molecule has 3 aromatic carbocycles. The van der Waals surface area contributed by atoms with Gasteiger partial charge in [-0.1, -0.05) is 82.3 Å². The summed E-state index contributed by atoms with van der Waals surface area (Å²) in [4.78, 5) is 13.2. The molecule has 0 aliphatic rings. The van der Waals surface area contributed by atoms with Gasteiger partial charge in [0.2, 0.25) is 5.91 Å². The zero-order chi connectivity index (χ0) is 22.3. The summed E-state index contributed by atoms with van der Waals surface area (Å²) in [5.74, 6) is 0.968. The quantitative estimate of drug-likeness (QED) is 0.347. The molecule has 0 unspecified atom stereocenters. The van der Waals surface area contributed by atoms with Gasteiger partial charge >= 0.3 is 0 Å². The summed E-state index contributed by atoms with van der Waals surface area (Å²) in [5, 5.41) is 9.23. The van der Waals surface area contributed by atoms with Gasteiger partial charge in [0.15, 0.2) is 12.7 Å². The van der Waals surface area contributed by atoms with E-state index in [2.05, 4.69) is 90.4 Å². The lowest BCUT2D eigenvalue weighted by molar-refractivity contribution is -0.127. The topological polar surface area (TPSA) is 29.1 Å². The van der Waals surface area contributed by atoms with Crippen LogP contribution >= 0.6 is 19.0 Å². The van der Waals surface area contributed by atoms with E-state index in [-0.39, 0.29) is 29.9 Å². The number of carbonyl (C=O) groups is 1. The summed E-state index contributed by atoms with van der Waals surface area (Å²) in [6.07, 6.45) is 0. The van der Waals surface area contributed by atoms with E-state index >= 15 is 0 Å². The summed E-state index contributed by atoms with van der Waals surface area (Å²) in [5.41, 5.74) is 0.498. The van der Waals surface area contributed by atoms with E-state index in [9.17, 15) is 4.79 Å². The molecule has 0 aliphatic heterocycles. The number of rotatable bonds is 7. The zero-order valence-electron chi connectivity index (χ0n) is 19.1. The first-order chi connectivity index (χ1) is 14.9. The first-order valence-corrected chi connectivity index (χ1v) is 13.4. The van der Waals surface area contributed by atoms with E-state index in [1.807, 2.05) is 39.0 Å². The third kappa shape index (κ3) is 5.84. The van der Waals surface area contributed by atoms with Crippen LogP contribution in [0.2, 0.25) is 0 Å². The molecule has 0 saturated carbocycles. The van der Waals surface area contributed by atoms with Crippen molar-refractivity contribution in [3.63, 3.8) is 0 Å². The first-order valence-electron chi connectivity index (χ1n) is 10.6. The molecule has 2 nitrogen and oxygen atoms in total. The van der Waals surface area contributed by atoms with Crippen LogP contribution in [0.15, 0.2) is 102 Å². The molecular weight excluding hydrogens is 544 g/mol. The maximum absolute atomic E-state index is 13.2. The van der Waals surface area contributed by atoms with Gasteiger partial charge in [-0.3, -0.25) is 10.1 Å². The van der Waals surface area contributed by atoms with Crippen molar-refractivity contribution in [3.8, 4) is 0 Å². The summed E-state index contributed by atoms with van der Waals surface area (Å²) in [6.45, 7) is 8.01. The predicted molar refractivity (Wildman–Crippen MR) is 139 cm³/mol. The number of amides is 1. The van der Waals surface area contributed by atoms with E-state index < -0.39 is 12.7 Å². The molecule has 0 saturated heterocycles. The standard InChI is InChI=1S/C27H30NOPS.HI/c1-5-31-21-25(28-26(29)27(2,3)4)30(22-15-9-6-10-16-22,23-17-11-7-12-18-23)24-19-13-8-14-20-24;/h6-21H,5H2,1-4H3;1H/b25-21-;. The van der Waals surface area contributed by atoms with Crippen LogP contribution in [0.4, 0.5) is 0 Å². The number of nitrogens with one attached hydrogen (secondary N) is 1. The average molecular weight is 575 g/mol. The average Bonchev–Trinajstić information content (AvgIpc) is 2.79. The number of hydrogen-bond donors (Lipinski definition) is 1. The molecule has 3 rings (SSSR count). The van der Waals surface area contributed by atoms with Gasteiger partial charge in [0, 0.05) is 10.8 Å². The van der Waals surface area contributed by atoms with Crippen molar-refractivity contribution in [2.75, 3.05) is 5.75 Å². The Bertz CT molecular complexity index is 921. The van der Waals surface area contributed by atoms with Crippen LogP contribution in [0.25, 0.3) is 0 Å². The predicted octanol–water partition coefficient (Wildman–Crippen LogP) is 2.70. The number of halogens is 1. The second-order valence-corrected chi connectivity index (χ2v) is 12.9. The van der Waals surface area contributed by atoms with Crippen LogP contribution in [-0.4, -0.2) is 11.7 Å². The Morgan fingerprint density at radius 2 is 1.19 bits per heavy atom. The van der Waals surface area contributed by atoms with Gasteiger partial charge in [-0.05, 0) is 42.2 Å². The van der Waals surface area contributed by atoms with Crippen LogP contribution < -0.4 is 45.2 Å². The molecule has 1 amide bonds. The minimum absolute atomic E-state index is 0. The van der Waals surface area contributed by atoms with Gasteiger partial charge in [-0.2, -0.15) is 0 Å². The van der Waals surface area contributed by atoms with Crippen molar-refractivity contribution in [1.82, 2.24) is 5.32 Å². The Labute approximate surface area is 214 Å². The third-order valence-electron chi connectivity index (χ3n) is 5.08. The lowest BCUT2D eigenvalue weighted by atomic mass is 9.96. The van der Waals surface area contributed by atoms with Crippen molar-refractivity contribution in [2.24, 2.45) is 5.41 Å². The summed E-state index contributed by atoms with van der Waals surface area (Å²) in [7, 11) is -2.31. The highest BCUT2D eigenvalue weighted by atomic mass is 127. The molecule has 0 heterocycles. The van der Waals surface area contributed by atoms with E-state index in [1.165, 1.54) is 15.9 Å². The Kier molecular flexibility index (Phi) is 10.00. The molecular formula is C27H31INOPS. The van der Waals surface area contributed by atoms with Crippen LogP contribution in [0, 0.1) is 5.41 Å². The monoisotopic (exact) mass is 575 g/mol. The van der Waals surface area contributed by atoms with Gasteiger partial charge in [-0.25, -0.2) is 0 Å². The second-order valence-electron chi connectivity index (χ2n) is 8.34. The molecule has 168 valence electrons. The molecule has 32 heavy (non-hydrogen) atoms. The minimum atomic E-state index is -2.31. The van der Waals surface area contributed by atoms with Gasteiger partial charge in [-0.15, -0.1) is 11.8 Å². The molecule has 0 radical (unpaired) electrons. The van der Waals surface area contributed by atoms with E-state index in [0.717, 1.165) is 11.2 Å². The molecule has 0 spiro atoms. The van der Waals surface area contributed by atoms with Gasteiger partial charge in [0.25, 0.3) is 0 Å². The number of carbonyl (C=O) groups excluding carboxylic acids is 1. The maximum Gasteiger partial charge on any atom is 0.232 e. The Morgan fingerprint density at radius 1 is 0.812 bits per heavy atom. The SMILES string of the molecule is CCS/C=C(/NC(=O)C(C)(C)C)[P+](c1ccccc1)(c1ccccc1)c1ccccc1.[I-]. The summed E-state index contributed by atoms with van der Waals surface area (Å²) in [6, 6.07) is 31.9. The number of hydrogen-bond acceptors (Lipinski definition) is 2. The molecule has 0 aromatic heterocycles. The number of thioether (sulfide) groups is 1. The molecule has 1 N–H and O–H groups in total. The largest absolute Gasteiger partial charge is 1.00 e. The normalized spacial score (nSPS) is 12.1. The van der Waals surface area contributed by atoms with Crippen molar-refractivity contribution >= 4 is 40.8 Å². The van der Waals surface area contributed by atoms with E-state index in [0.29, 0.717) is 0 Å². The van der Waals surface area contributed by atoms with Gasteiger partial charge < -0.3 is 24.0 Å². The molecule has 0 fully saturated rings. The van der Waals surface area contributed by atoms with Crippen LogP contribution in [0.1, 0.15) is 27.7 Å². The van der Waals surface area contributed by atoms with Crippen molar-refractivity contribution in [3.05, 3.63) is 102 Å². The highest BCUT2D eigenvalue weighted by molar-refractivity contribution is 8.04. The fourth-order valence-corrected chi connectivity index (χ4v) is 8.57. The van der Waals surface area contributed by atoms with Crippen molar-refractivity contribution in [2.45, 2.75) is 27.7 Å². The van der Waals surface area contributed by atoms with Gasteiger partial charge in [0.1, 0.15) is 15.9 Å². The highest BCUT2D eigenvalue weighted by Gasteiger charge is 2.51. The smallest absolute Gasteiger partial charge is 0.232 e. The first kappa shape index (κ1) is 26.6. The summed E-state index contributed by atoms with van der Waals surface area (Å²) < 4.78 is 0. The van der Waals surface area contributed by atoms with Crippen LogP contribution in [0.5, 0.6) is 0 Å². The molecule has 0 aliphatic carbocycles. The minimum Gasteiger partial charge on any atom is -1.00 e. The maximum atomic E-state index is 13.2. The molecule has 3 aromatic rings. The fraction of sp³-hybridized carbons (Fsp3) is 0.222. The van der Waals surface area contributed by atoms with E-state index in [1.54, 1.807) is 11.8 Å². The highest BCUT2D eigenvalue weighted by Crippen LogP contribution is 2.61. The lowest BCUT2D eigenvalue weighted by Gasteiger charge is -2.30. The third-order valence-corrected chi connectivity index (χ3v) is 10.2. The van der Waals surface area contributed by atoms with Crippen LogP contribution in [-0.2, 0) is 4.79 Å². The second kappa shape index (κ2) is 12.0. The Balaban J connectivity index is 0.00000363. The molecule has 5 heteroatoms. The Morgan fingerprint density at radius 3 is 1.50 bits per heavy atom. The van der Waals surface area contributed by atoms with Crippen LogP contribution in [0.3, 0.4) is 0 Å². The van der Waals surface area contributed by atoms with Gasteiger partial charge in [0.05, 0.1) is 0 Å².